The molecule has 3 aromatic rings. The largest absolute Gasteiger partial charge is 0.381 e. The molecule has 3 rings (SSSR count). The molecule has 0 saturated carbocycles. The molecule has 0 bridgehead atoms. The smallest absolute Gasteiger partial charge is 0.275 e. The number of carbonyl (C=O) groups is 2. The molecule has 0 aliphatic carbocycles. The first-order chi connectivity index (χ1) is 16.7. The summed E-state index contributed by atoms with van der Waals surface area (Å²) >= 11 is 0. The summed E-state index contributed by atoms with van der Waals surface area (Å²) in [4.78, 5) is 42.4. The summed E-state index contributed by atoms with van der Waals surface area (Å²) in [6, 6.07) is 9.27. The van der Waals surface area contributed by atoms with E-state index in [2.05, 4.69) is 27.5 Å². The van der Waals surface area contributed by atoms with E-state index in [1.165, 1.54) is 54.2 Å². The van der Waals surface area contributed by atoms with Crippen molar-refractivity contribution in [3.05, 3.63) is 93.4 Å². The standard InChI is InChI=1S/C26H25FN4O4/c1-16(32)4-9-22-10-11-23(30-25(34)17(2)28-3)26(35)31(22)15-18-12-20(14-29-13-18)24(33)19-5-7-21(27)8-6-19/h5-8,10-14,16-17,28,32H,15H2,1-3H3,(H,30,34)/t16?,17-/m0/s1. The predicted molar refractivity (Wildman–Crippen MR) is 130 cm³/mol. The molecule has 8 nitrogen and oxygen atoms in total. The highest BCUT2D eigenvalue weighted by atomic mass is 19.1. The topological polar surface area (TPSA) is 113 Å². The van der Waals surface area contributed by atoms with Gasteiger partial charge in [0.15, 0.2) is 5.78 Å². The van der Waals surface area contributed by atoms with Crippen molar-refractivity contribution in [3.8, 4) is 11.8 Å². The number of nitrogens with one attached hydrogen (secondary N) is 2. The Kier molecular flexibility index (Phi) is 8.25. The molecule has 9 heteroatoms. The zero-order valence-corrected chi connectivity index (χ0v) is 19.5. The van der Waals surface area contributed by atoms with Gasteiger partial charge in [0.2, 0.25) is 5.91 Å². The SMILES string of the molecule is CN[C@@H](C)C(=O)Nc1ccc(C#CC(C)O)n(Cc2cncc(C(=O)c3ccc(F)cc3)c2)c1=O. The third kappa shape index (κ3) is 6.47. The fraction of sp³-hybridized carbons (Fsp3) is 0.231. The monoisotopic (exact) mass is 476 g/mol. The summed E-state index contributed by atoms with van der Waals surface area (Å²) in [7, 11) is 1.63. The Morgan fingerprint density at radius 3 is 2.49 bits per heavy atom. The maximum absolute atomic E-state index is 13.2. The minimum Gasteiger partial charge on any atom is -0.381 e. The van der Waals surface area contributed by atoms with Crippen LogP contribution in [0.4, 0.5) is 10.1 Å². The Hall–Kier alpha value is -4.13. The summed E-state index contributed by atoms with van der Waals surface area (Å²) in [5.41, 5.74) is 0.971. The lowest BCUT2D eigenvalue weighted by atomic mass is 10.0. The Morgan fingerprint density at radius 2 is 1.83 bits per heavy atom. The number of nitrogens with zero attached hydrogens (tertiary/aromatic N) is 2. The number of hydrogen-bond acceptors (Lipinski definition) is 6. The number of aliphatic hydroxyl groups is 1. The molecule has 35 heavy (non-hydrogen) atoms. The van der Waals surface area contributed by atoms with Gasteiger partial charge in [-0.15, -0.1) is 0 Å². The highest BCUT2D eigenvalue weighted by Crippen LogP contribution is 2.13. The Balaban J connectivity index is 1.99. The molecule has 0 aliphatic heterocycles. The van der Waals surface area contributed by atoms with Crippen LogP contribution in [0.3, 0.4) is 0 Å². The molecule has 1 amide bonds. The number of pyridine rings is 2. The number of likely N-dealkylation sites (N-methyl/N-ethyl adjacent to an activating group) is 1. The number of carbonyl (C=O) groups excluding carboxylic acids is 2. The number of anilines is 1. The Labute approximate surface area is 201 Å². The zero-order valence-electron chi connectivity index (χ0n) is 19.5. The molecule has 2 heterocycles. The zero-order chi connectivity index (χ0) is 25.5. The molecule has 0 saturated heterocycles. The minimum absolute atomic E-state index is 0.00544. The lowest BCUT2D eigenvalue weighted by molar-refractivity contribution is -0.117. The molecular formula is C26H25FN4O4. The summed E-state index contributed by atoms with van der Waals surface area (Å²) in [6.45, 7) is 3.16. The van der Waals surface area contributed by atoms with Gasteiger partial charge in [0, 0.05) is 23.5 Å². The van der Waals surface area contributed by atoms with Gasteiger partial charge in [-0.1, -0.05) is 5.92 Å². The molecule has 0 aliphatic rings. The summed E-state index contributed by atoms with van der Waals surface area (Å²) < 4.78 is 14.5. The van der Waals surface area contributed by atoms with E-state index in [-0.39, 0.29) is 29.5 Å². The van der Waals surface area contributed by atoms with E-state index in [0.717, 1.165) is 0 Å². The van der Waals surface area contributed by atoms with Crippen LogP contribution in [0.1, 0.15) is 41.0 Å². The minimum atomic E-state index is -0.910. The van der Waals surface area contributed by atoms with Crippen molar-refractivity contribution >= 4 is 17.4 Å². The lowest BCUT2D eigenvalue weighted by Gasteiger charge is -2.14. The molecule has 0 spiro atoms. The van der Waals surface area contributed by atoms with Crippen LogP contribution in [-0.2, 0) is 11.3 Å². The second-order valence-corrected chi connectivity index (χ2v) is 7.89. The van der Waals surface area contributed by atoms with Crippen molar-refractivity contribution in [2.45, 2.75) is 32.5 Å². The highest BCUT2D eigenvalue weighted by Gasteiger charge is 2.16. The van der Waals surface area contributed by atoms with Crippen LogP contribution in [-0.4, -0.2) is 45.5 Å². The fourth-order valence-corrected chi connectivity index (χ4v) is 3.14. The molecule has 180 valence electrons. The second-order valence-electron chi connectivity index (χ2n) is 7.89. The van der Waals surface area contributed by atoms with Gasteiger partial charge in [0.25, 0.3) is 5.56 Å². The average Bonchev–Trinajstić information content (AvgIpc) is 2.85. The van der Waals surface area contributed by atoms with E-state index >= 15 is 0 Å². The molecule has 3 N–H and O–H groups in total. The van der Waals surface area contributed by atoms with Gasteiger partial charge in [-0.05, 0) is 74.8 Å². The third-order valence-electron chi connectivity index (χ3n) is 5.17. The number of ketones is 1. The van der Waals surface area contributed by atoms with Crippen molar-refractivity contribution in [1.29, 1.82) is 0 Å². The van der Waals surface area contributed by atoms with Gasteiger partial charge >= 0.3 is 0 Å². The lowest BCUT2D eigenvalue weighted by Crippen LogP contribution is -2.37. The summed E-state index contributed by atoms with van der Waals surface area (Å²) in [5.74, 6) is 4.20. The Bertz CT molecular complexity index is 1350. The van der Waals surface area contributed by atoms with E-state index in [1.807, 2.05) is 0 Å². The van der Waals surface area contributed by atoms with Crippen LogP contribution in [0.15, 0.2) is 59.7 Å². The first kappa shape index (κ1) is 25.5. The van der Waals surface area contributed by atoms with Crippen molar-refractivity contribution in [2.75, 3.05) is 12.4 Å². The van der Waals surface area contributed by atoms with Gasteiger partial charge < -0.3 is 15.7 Å². The first-order valence-electron chi connectivity index (χ1n) is 10.9. The summed E-state index contributed by atoms with van der Waals surface area (Å²) in [5, 5.41) is 15.0. The molecule has 0 fully saturated rings. The number of aliphatic hydroxyl groups excluding tert-OH is 1. The van der Waals surface area contributed by atoms with Gasteiger partial charge in [-0.3, -0.25) is 23.9 Å². The third-order valence-corrected chi connectivity index (χ3v) is 5.17. The number of benzene rings is 1. The maximum atomic E-state index is 13.2. The van der Waals surface area contributed by atoms with E-state index in [4.69, 9.17) is 0 Å². The van der Waals surface area contributed by atoms with Crippen LogP contribution in [0.25, 0.3) is 0 Å². The van der Waals surface area contributed by atoms with Crippen molar-refractivity contribution in [1.82, 2.24) is 14.9 Å². The van der Waals surface area contributed by atoms with Crippen molar-refractivity contribution in [2.24, 2.45) is 0 Å². The molecule has 2 aromatic heterocycles. The van der Waals surface area contributed by atoms with E-state index in [0.29, 0.717) is 16.8 Å². The van der Waals surface area contributed by atoms with Crippen LogP contribution in [0, 0.1) is 17.7 Å². The van der Waals surface area contributed by atoms with Crippen LogP contribution < -0.4 is 16.2 Å². The fourth-order valence-electron chi connectivity index (χ4n) is 3.14. The Morgan fingerprint density at radius 1 is 1.11 bits per heavy atom. The van der Waals surface area contributed by atoms with E-state index < -0.39 is 23.5 Å². The molecule has 2 atom stereocenters. The van der Waals surface area contributed by atoms with E-state index in [1.54, 1.807) is 26.1 Å². The van der Waals surface area contributed by atoms with Gasteiger partial charge in [0.05, 0.1) is 18.3 Å². The van der Waals surface area contributed by atoms with Crippen LogP contribution in [0.5, 0.6) is 0 Å². The second kappa shape index (κ2) is 11.3. The number of amides is 1. The number of hydrogen-bond donors (Lipinski definition) is 3. The van der Waals surface area contributed by atoms with Gasteiger partial charge in [0.1, 0.15) is 17.6 Å². The van der Waals surface area contributed by atoms with Crippen molar-refractivity contribution < 1.29 is 19.1 Å². The van der Waals surface area contributed by atoms with Gasteiger partial charge in [-0.2, -0.15) is 0 Å². The van der Waals surface area contributed by atoms with Gasteiger partial charge in [-0.25, -0.2) is 4.39 Å². The quantitative estimate of drug-likeness (QED) is 0.355. The van der Waals surface area contributed by atoms with Crippen molar-refractivity contribution in [3.63, 3.8) is 0 Å². The van der Waals surface area contributed by atoms with Crippen LogP contribution >= 0.6 is 0 Å². The highest BCUT2D eigenvalue weighted by molar-refractivity contribution is 6.08. The number of aromatic nitrogens is 2. The molecular weight excluding hydrogens is 451 g/mol. The number of halogens is 1. The maximum Gasteiger partial charge on any atom is 0.275 e. The summed E-state index contributed by atoms with van der Waals surface area (Å²) in [6.07, 6.45) is 1.99. The first-order valence-corrected chi connectivity index (χ1v) is 10.9. The molecule has 0 radical (unpaired) electrons. The van der Waals surface area contributed by atoms with E-state index in [9.17, 15) is 23.9 Å². The number of rotatable bonds is 7. The molecule has 1 unspecified atom stereocenters. The predicted octanol–water partition coefficient (Wildman–Crippen LogP) is 1.94. The van der Waals surface area contributed by atoms with Crippen LogP contribution in [0.2, 0.25) is 0 Å². The average molecular weight is 477 g/mol. The normalized spacial score (nSPS) is 12.3. The molecule has 1 aromatic carbocycles.